The molecule has 0 spiro atoms. The number of rotatable bonds is 6. The molecule has 0 radical (unpaired) electrons. The number of Topliss-reactive ketones (excluding diaryl/α,β-unsaturated/α-hetero) is 1. The van der Waals surface area contributed by atoms with Crippen molar-refractivity contribution in [2.75, 3.05) is 13.2 Å². The van der Waals surface area contributed by atoms with Gasteiger partial charge in [0.2, 0.25) is 15.8 Å². The second kappa shape index (κ2) is 8.31. The predicted octanol–water partition coefficient (Wildman–Crippen LogP) is 4.80. The van der Waals surface area contributed by atoms with E-state index in [1.807, 2.05) is 24.3 Å². The second-order valence-corrected chi connectivity index (χ2v) is 12.9. The van der Waals surface area contributed by atoms with Crippen molar-refractivity contribution in [2.45, 2.75) is 51.0 Å². The van der Waals surface area contributed by atoms with Crippen molar-refractivity contribution in [1.29, 1.82) is 0 Å². The average molecular weight is 495 g/mol. The van der Waals surface area contributed by atoms with Gasteiger partial charge < -0.3 is 9.72 Å². The van der Waals surface area contributed by atoms with E-state index >= 15 is 0 Å². The minimum absolute atomic E-state index is 0.0429. The summed E-state index contributed by atoms with van der Waals surface area (Å²) < 4.78 is 34.0. The first-order chi connectivity index (χ1) is 16.5. The topological polar surface area (TPSA) is 96.5 Å². The second-order valence-electron chi connectivity index (χ2n) is 11.0. The lowest BCUT2D eigenvalue weighted by Gasteiger charge is -2.39. The standard InChI is InChI=1S/C27H30N2O5S/c1-26(2)12-19-13-27(3,16-26)17-29(19)35(32,33)20-8-6-7-18(11-20)25(31)34-15-24(30)22-14-28-23-10-5-4-9-21(22)23/h4-11,14,19,28H,12-13,15-17H2,1-3H3/t19-,27-/m1/s1. The molecule has 1 aromatic heterocycles. The van der Waals surface area contributed by atoms with E-state index in [1.165, 1.54) is 18.2 Å². The Bertz CT molecular complexity index is 1420. The van der Waals surface area contributed by atoms with Crippen molar-refractivity contribution >= 4 is 32.7 Å². The Morgan fingerprint density at radius 2 is 1.86 bits per heavy atom. The molecule has 184 valence electrons. The van der Waals surface area contributed by atoms with Gasteiger partial charge in [-0.3, -0.25) is 4.79 Å². The zero-order valence-electron chi connectivity index (χ0n) is 20.2. The maximum absolute atomic E-state index is 13.6. The Morgan fingerprint density at radius 3 is 2.66 bits per heavy atom. The molecule has 8 heteroatoms. The van der Waals surface area contributed by atoms with Crippen LogP contribution in [0, 0.1) is 10.8 Å². The van der Waals surface area contributed by atoms with Crippen LogP contribution >= 0.6 is 0 Å². The normalized spacial score (nSPS) is 23.9. The summed E-state index contributed by atoms with van der Waals surface area (Å²) in [6, 6.07) is 13.2. The number of para-hydroxylation sites is 1. The summed E-state index contributed by atoms with van der Waals surface area (Å²) in [5.41, 5.74) is 1.42. The lowest BCUT2D eigenvalue weighted by molar-refractivity contribution is 0.0475. The fourth-order valence-electron chi connectivity index (χ4n) is 6.20. The van der Waals surface area contributed by atoms with Crippen LogP contribution in [-0.2, 0) is 14.8 Å². The number of ketones is 1. The summed E-state index contributed by atoms with van der Waals surface area (Å²) in [5.74, 6) is -1.07. The van der Waals surface area contributed by atoms with E-state index in [2.05, 4.69) is 25.8 Å². The number of hydrogen-bond donors (Lipinski definition) is 1. The number of nitrogens with one attached hydrogen (secondary N) is 1. The number of aromatic nitrogens is 1. The molecule has 2 fully saturated rings. The van der Waals surface area contributed by atoms with Gasteiger partial charge in [0.1, 0.15) is 0 Å². The number of aromatic amines is 1. The third kappa shape index (κ3) is 4.41. The van der Waals surface area contributed by atoms with Crippen molar-refractivity contribution in [3.05, 3.63) is 65.9 Å². The number of hydrogen-bond acceptors (Lipinski definition) is 5. The number of sulfonamides is 1. The lowest BCUT2D eigenvalue weighted by atomic mass is 9.65. The Balaban J connectivity index is 1.31. The molecule has 7 nitrogen and oxygen atoms in total. The lowest BCUT2D eigenvalue weighted by Crippen LogP contribution is -2.37. The summed E-state index contributed by atoms with van der Waals surface area (Å²) in [5, 5.41) is 0.759. The van der Waals surface area contributed by atoms with Crippen molar-refractivity contribution in [3.63, 3.8) is 0 Å². The monoisotopic (exact) mass is 494 g/mol. The van der Waals surface area contributed by atoms with Gasteiger partial charge in [0.25, 0.3) is 0 Å². The van der Waals surface area contributed by atoms with Crippen LogP contribution < -0.4 is 0 Å². The van der Waals surface area contributed by atoms with Gasteiger partial charge in [-0.1, -0.05) is 45.0 Å². The Hall–Kier alpha value is -2.97. The van der Waals surface area contributed by atoms with E-state index in [9.17, 15) is 18.0 Å². The first kappa shape index (κ1) is 23.8. The Labute approximate surface area is 205 Å². The molecule has 2 aliphatic rings. The first-order valence-corrected chi connectivity index (χ1v) is 13.3. The van der Waals surface area contributed by atoms with Gasteiger partial charge in [0, 0.05) is 35.2 Å². The molecule has 0 unspecified atom stereocenters. The van der Waals surface area contributed by atoms with E-state index in [1.54, 1.807) is 16.6 Å². The van der Waals surface area contributed by atoms with Crippen LogP contribution in [-0.4, -0.2) is 48.7 Å². The molecule has 1 saturated carbocycles. The summed E-state index contributed by atoms with van der Waals surface area (Å²) in [7, 11) is -3.77. The molecule has 2 atom stereocenters. The van der Waals surface area contributed by atoms with Crippen LogP contribution in [0.2, 0.25) is 0 Å². The number of carbonyl (C=O) groups excluding carboxylic acids is 2. The molecule has 3 aromatic rings. The summed E-state index contributed by atoms with van der Waals surface area (Å²) >= 11 is 0. The van der Waals surface area contributed by atoms with E-state index in [4.69, 9.17) is 4.74 Å². The van der Waals surface area contributed by atoms with Gasteiger partial charge in [-0.25, -0.2) is 13.2 Å². The van der Waals surface area contributed by atoms with E-state index in [0.29, 0.717) is 12.1 Å². The van der Waals surface area contributed by atoms with Crippen LogP contribution in [0.25, 0.3) is 10.9 Å². The summed E-state index contributed by atoms with van der Waals surface area (Å²) in [4.78, 5) is 28.5. The SMILES string of the molecule is CC1(C)C[C@@H]2C[C@@](C)(CN2S(=O)(=O)c2cccc(C(=O)OCC(=O)c3c[nH]c4ccccc34)c2)C1. The molecule has 1 aliphatic carbocycles. The van der Waals surface area contributed by atoms with Crippen molar-refractivity contribution in [2.24, 2.45) is 10.8 Å². The molecule has 5 rings (SSSR count). The number of nitrogens with zero attached hydrogens (tertiary/aromatic N) is 1. The van der Waals surface area contributed by atoms with Crippen LogP contribution in [0.15, 0.2) is 59.6 Å². The minimum atomic E-state index is -3.77. The summed E-state index contributed by atoms with van der Waals surface area (Å²) in [6.07, 6.45) is 4.26. The summed E-state index contributed by atoms with van der Waals surface area (Å²) in [6.45, 7) is 6.61. The van der Waals surface area contributed by atoms with Crippen molar-refractivity contribution in [1.82, 2.24) is 9.29 Å². The predicted molar refractivity (Wildman–Crippen MR) is 133 cm³/mol. The maximum atomic E-state index is 13.6. The maximum Gasteiger partial charge on any atom is 0.338 e. The molecule has 35 heavy (non-hydrogen) atoms. The minimum Gasteiger partial charge on any atom is -0.454 e. The number of benzene rings is 2. The fraction of sp³-hybridized carbons (Fsp3) is 0.407. The van der Waals surface area contributed by atoms with Gasteiger partial charge in [0.15, 0.2) is 6.61 Å². The molecule has 1 saturated heterocycles. The molecular weight excluding hydrogens is 464 g/mol. The molecule has 0 amide bonds. The molecule has 1 N–H and O–H groups in total. The van der Waals surface area contributed by atoms with Crippen LogP contribution in [0.1, 0.15) is 60.7 Å². The Morgan fingerprint density at radius 1 is 1.09 bits per heavy atom. The molecule has 2 aromatic carbocycles. The molecule has 2 bridgehead atoms. The van der Waals surface area contributed by atoms with Gasteiger partial charge >= 0.3 is 5.97 Å². The third-order valence-electron chi connectivity index (χ3n) is 7.27. The largest absolute Gasteiger partial charge is 0.454 e. The van der Waals surface area contributed by atoms with Gasteiger partial charge in [-0.15, -0.1) is 0 Å². The zero-order chi connectivity index (χ0) is 25.0. The number of carbonyl (C=O) groups is 2. The van der Waals surface area contributed by atoms with Gasteiger partial charge in [-0.2, -0.15) is 4.31 Å². The first-order valence-electron chi connectivity index (χ1n) is 11.9. The van der Waals surface area contributed by atoms with E-state index in [-0.39, 0.29) is 33.1 Å². The van der Waals surface area contributed by atoms with E-state index < -0.39 is 22.6 Å². The van der Waals surface area contributed by atoms with Gasteiger partial charge in [-0.05, 0) is 54.4 Å². The quantitative estimate of drug-likeness (QED) is 0.392. The van der Waals surface area contributed by atoms with Crippen molar-refractivity contribution < 1.29 is 22.7 Å². The highest BCUT2D eigenvalue weighted by molar-refractivity contribution is 7.89. The van der Waals surface area contributed by atoms with Gasteiger partial charge in [0.05, 0.1) is 10.5 Å². The zero-order valence-corrected chi connectivity index (χ0v) is 21.0. The number of ether oxygens (including phenoxy) is 1. The molecule has 2 heterocycles. The molecular formula is C27H30N2O5S. The average Bonchev–Trinajstić information content (AvgIpc) is 3.35. The van der Waals surface area contributed by atoms with Crippen LogP contribution in [0.3, 0.4) is 0 Å². The van der Waals surface area contributed by atoms with Crippen LogP contribution in [0.5, 0.6) is 0 Å². The highest BCUT2D eigenvalue weighted by Crippen LogP contribution is 2.53. The highest BCUT2D eigenvalue weighted by atomic mass is 32.2. The van der Waals surface area contributed by atoms with Crippen LogP contribution in [0.4, 0.5) is 0 Å². The highest BCUT2D eigenvalue weighted by Gasteiger charge is 2.53. The number of H-pyrrole nitrogens is 1. The van der Waals surface area contributed by atoms with E-state index in [0.717, 1.165) is 30.2 Å². The number of esters is 1. The molecule has 1 aliphatic heterocycles. The third-order valence-corrected chi connectivity index (χ3v) is 9.16. The number of fused-ring (bicyclic) bond motifs is 3. The fourth-order valence-corrected chi connectivity index (χ4v) is 8.02. The van der Waals surface area contributed by atoms with Crippen molar-refractivity contribution in [3.8, 4) is 0 Å². The Kier molecular flexibility index (Phi) is 5.64. The smallest absolute Gasteiger partial charge is 0.338 e.